The van der Waals surface area contributed by atoms with Crippen molar-refractivity contribution >= 4 is 0 Å². The summed E-state index contributed by atoms with van der Waals surface area (Å²) < 4.78 is 0. The third kappa shape index (κ3) is 1.47. The maximum Gasteiger partial charge on any atom is 0.0372 e. The highest BCUT2D eigenvalue weighted by Crippen LogP contribution is 2.52. The van der Waals surface area contributed by atoms with E-state index >= 15 is 0 Å². The summed E-state index contributed by atoms with van der Waals surface area (Å²) in [6.45, 7) is 2.05. The van der Waals surface area contributed by atoms with Crippen molar-refractivity contribution in [2.45, 2.75) is 56.4 Å². The summed E-state index contributed by atoms with van der Waals surface area (Å²) >= 11 is 0. The molecule has 3 aliphatic carbocycles. The molecule has 4 rings (SSSR count). The molecule has 2 nitrogen and oxygen atoms in total. The molecule has 3 saturated carbocycles. The van der Waals surface area contributed by atoms with Crippen LogP contribution >= 0.6 is 0 Å². The lowest BCUT2D eigenvalue weighted by Gasteiger charge is -2.52. The Kier molecular flexibility index (Phi) is 2.12. The van der Waals surface area contributed by atoms with Gasteiger partial charge in [0.05, 0.1) is 0 Å². The van der Waals surface area contributed by atoms with Gasteiger partial charge in [-0.3, -0.25) is 4.98 Å². The van der Waals surface area contributed by atoms with Gasteiger partial charge in [-0.15, -0.1) is 0 Å². The van der Waals surface area contributed by atoms with Crippen LogP contribution in [0.25, 0.3) is 0 Å². The number of fused-ring (bicyclic) bond motifs is 3. The fraction of sp³-hybridized carbons (Fsp3) is 0.643. The Labute approximate surface area is 97.3 Å². The number of nitrogens with zero attached hydrogens (tertiary/aromatic N) is 1. The number of hydrogen-bond donors (Lipinski definition) is 1. The first-order valence-corrected chi connectivity index (χ1v) is 6.34. The minimum atomic E-state index is 0.167. The fourth-order valence-electron chi connectivity index (χ4n) is 3.43. The maximum atomic E-state index is 6.34. The number of hydrogen-bond acceptors (Lipinski definition) is 2. The van der Waals surface area contributed by atoms with E-state index in [4.69, 9.17) is 5.73 Å². The summed E-state index contributed by atoms with van der Waals surface area (Å²) in [5, 5.41) is 0. The van der Waals surface area contributed by atoms with E-state index in [-0.39, 0.29) is 5.54 Å². The second kappa shape index (κ2) is 3.30. The van der Waals surface area contributed by atoms with E-state index in [0.717, 1.165) is 5.69 Å². The lowest BCUT2D eigenvalue weighted by molar-refractivity contribution is 0.107. The van der Waals surface area contributed by atoms with Crippen molar-refractivity contribution in [1.29, 1.82) is 0 Å². The molecule has 0 aromatic carbocycles. The maximum absolute atomic E-state index is 6.34. The molecule has 2 N–H and O–H groups in total. The van der Waals surface area contributed by atoms with Crippen molar-refractivity contribution < 1.29 is 0 Å². The van der Waals surface area contributed by atoms with Crippen molar-refractivity contribution in [2.24, 2.45) is 5.73 Å². The third-order valence-electron chi connectivity index (χ3n) is 4.83. The topological polar surface area (TPSA) is 38.9 Å². The fourth-order valence-corrected chi connectivity index (χ4v) is 3.43. The molecule has 3 aliphatic rings. The van der Waals surface area contributed by atoms with E-state index in [2.05, 4.69) is 23.3 Å². The second-order valence-corrected chi connectivity index (χ2v) is 5.83. The Hall–Kier alpha value is -0.890. The number of aromatic nitrogens is 1. The molecule has 0 spiro atoms. The van der Waals surface area contributed by atoms with Crippen LogP contribution in [0.4, 0.5) is 0 Å². The molecule has 0 aliphatic heterocycles. The molecule has 1 aromatic heterocycles. The number of nitrogens with two attached hydrogens (primary N) is 1. The van der Waals surface area contributed by atoms with Crippen molar-refractivity contribution in [3.8, 4) is 0 Å². The van der Waals surface area contributed by atoms with Gasteiger partial charge in [0, 0.05) is 17.4 Å². The summed E-state index contributed by atoms with van der Waals surface area (Å²) in [4.78, 5) is 4.45. The van der Waals surface area contributed by atoms with Crippen LogP contribution < -0.4 is 5.73 Å². The number of aryl methyl sites for hydroxylation is 1. The van der Waals surface area contributed by atoms with E-state index in [9.17, 15) is 0 Å². The first kappa shape index (κ1) is 10.3. The zero-order valence-corrected chi connectivity index (χ0v) is 10.00. The molecule has 16 heavy (non-hydrogen) atoms. The number of rotatable bonds is 1. The molecule has 2 bridgehead atoms. The lowest BCUT2D eigenvalue weighted by Crippen LogP contribution is -2.53. The predicted octanol–water partition coefficient (Wildman–Crippen LogP) is 2.69. The number of pyridine rings is 1. The van der Waals surface area contributed by atoms with Crippen molar-refractivity contribution in [1.82, 2.24) is 4.98 Å². The molecule has 0 saturated heterocycles. The van der Waals surface area contributed by atoms with Crippen LogP contribution in [-0.2, 0) is 5.41 Å². The summed E-state index contributed by atoms with van der Waals surface area (Å²) in [6, 6.07) is 4.42. The molecule has 0 atom stereocenters. The van der Waals surface area contributed by atoms with Crippen LogP contribution in [0.1, 0.15) is 49.8 Å². The van der Waals surface area contributed by atoms with Crippen LogP contribution in [0.5, 0.6) is 0 Å². The Morgan fingerprint density at radius 1 is 1.06 bits per heavy atom. The average Bonchev–Trinajstić information content (AvgIpc) is 2.31. The molecule has 3 fully saturated rings. The highest BCUT2D eigenvalue weighted by molar-refractivity contribution is 5.27. The Morgan fingerprint density at radius 2 is 1.69 bits per heavy atom. The second-order valence-electron chi connectivity index (χ2n) is 5.83. The zero-order chi connectivity index (χ0) is 11.2. The summed E-state index contributed by atoms with van der Waals surface area (Å²) in [5.74, 6) is 0. The van der Waals surface area contributed by atoms with Crippen molar-refractivity contribution in [3.05, 3.63) is 29.6 Å². The summed E-state index contributed by atoms with van der Waals surface area (Å²) in [5.41, 5.74) is 9.47. The molecule has 2 heteroatoms. The molecule has 1 aromatic rings. The van der Waals surface area contributed by atoms with Crippen molar-refractivity contribution in [2.75, 3.05) is 0 Å². The molecular formula is C14H20N2. The minimum absolute atomic E-state index is 0.167. The highest BCUT2D eigenvalue weighted by Gasteiger charge is 2.47. The van der Waals surface area contributed by atoms with Gasteiger partial charge in [0.1, 0.15) is 0 Å². The quantitative estimate of drug-likeness (QED) is 0.784. The Bertz CT molecular complexity index is 369. The monoisotopic (exact) mass is 216 g/mol. The smallest absolute Gasteiger partial charge is 0.0372 e. The van der Waals surface area contributed by atoms with Gasteiger partial charge in [-0.2, -0.15) is 0 Å². The van der Waals surface area contributed by atoms with Gasteiger partial charge in [-0.05, 0) is 62.5 Å². The Balaban J connectivity index is 1.92. The highest BCUT2D eigenvalue weighted by atomic mass is 14.8. The first-order valence-electron chi connectivity index (χ1n) is 6.34. The van der Waals surface area contributed by atoms with Crippen LogP contribution in [0.3, 0.4) is 0 Å². The van der Waals surface area contributed by atoms with Gasteiger partial charge in [0.15, 0.2) is 0 Å². The standard InChI is InChI=1S/C14H20N2/c1-11-2-3-12(10-16-11)13-4-7-14(15,8-5-13)9-6-13/h2-3,10H,4-9,15H2,1H3. The largest absolute Gasteiger partial charge is 0.325 e. The van der Waals surface area contributed by atoms with Gasteiger partial charge < -0.3 is 5.73 Å². The van der Waals surface area contributed by atoms with Crippen LogP contribution in [0.2, 0.25) is 0 Å². The van der Waals surface area contributed by atoms with Gasteiger partial charge >= 0.3 is 0 Å². The normalized spacial score (nSPS) is 37.6. The zero-order valence-electron chi connectivity index (χ0n) is 10.00. The van der Waals surface area contributed by atoms with Crippen molar-refractivity contribution in [3.63, 3.8) is 0 Å². The van der Waals surface area contributed by atoms with Gasteiger partial charge in [-0.1, -0.05) is 6.07 Å². The Morgan fingerprint density at radius 3 is 2.19 bits per heavy atom. The molecule has 1 heterocycles. The van der Waals surface area contributed by atoms with Gasteiger partial charge in [0.25, 0.3) is 0 Å². The minimum Gasteiger partial charge on any atom is -0.325 e. The van der Waals surface area contributed by atoms with E-state index < -0.39 is 0 Å². The van der Waals surface area contributed by atoms with Gasteiger partial charge in [-0.25, -0.2) is 0 Å². The lowest BCUT2D eigenvalue weighted by atomic mass is 9.55. The van der Waals surface area contributed by atoms with E-state index in [1.807, 2.05) is 6.92 Å². The molecular weight excluding hydrogens is 196 g/mol. The SMILES string of the molecule is Cc1ccc(C23CCC(N)(CC2)CC3)cn1. The third-order valence-corrected chi connectivity index (χ3v) is 4.83. The first-order chi connectivity index (χ1) is 7.62. The molecule has 86 valence electrons. The molecule has 0 amide bonds. The molecule has 0 radical (unpaired) electrons. The summed E-state index contributed by atoms with van der Waals surface area (Å²) in [7, 11) is 0. The average molecular weight is 216 g/mol. The van der Waals surface area contributed by atoms with Crippen LogP contribution in [0, 0.1) is 6.92 Å². The summed E-state index contributed by atoms with van der Waals surface area (Å²) in [6.07, 6.45) is 9.45. The van der Waals surface area contributed by atoms with E-state index in [1.165, 1.54) is 44.1 Å². The van der Waals surface area contributed by atoms with E-state index in [0.29, 0.717) is 5.41 Å². The van der Waals surface area contributed by atoms with Crippen LogP contribution in [0.15, 0.2) is 18.3 Å². The van der Waals surface area contributed by atoms with Gasteiger partial charge in [0.2, 0.25) is 0 Å². The predicted molar refractivity (Wildman–Crippen MR) is 65.3 cm³/mol. The van der Waals surface area contributed by atoms with Crippen LogP contribution in [-0.4, -0.2) is 10.5 Å². The van der Waals surface area contributed by atoms with E-state index in [1.54, 1.807) is 0 Å². The molecule has 0 unspecified atom stereocenters.